The number of hydrogen-bond acceptors (Lipinski definition) is 4. The fourth-order valence-electron chi connectivity index (χ4n) is 4.28. The van der Waals surface area contributed by atoms with Crippen molar-refractivity contribution >= 4 is 5.96 Å². The Morgan fingerprint density at radius 1 is 1.20 bits per heavy atom. The van der Waals surface area contributed by atoms with Gasteiger partial charge in [0.25, 0.3) is 0 Å². The number of likely N-dealkylation sites (N-methyl/N-ethyl adjacent to an activating group) is 1. The predicted molar refractivity (Wildman–Crippen MR) is 123 cm³/mol. The van der Waals surface area contributed by atoms with Crippen molar-refractivity contribution in [2.75, 3.05) is 54.0 Å². The molecule has 2 atom stereocenters. The predicted octanol–water partition coefficient (Wildman–Crippen LogP) is 2.78. The fraction of sp³-hybridized carbons (Fsp3) is 0.708. The number of likely N-dealkylation sites (tertiary alicyclic amines) is 1. The summed E-state index contributed by atoms with van der Waals surface area (Å²) in [7, 11) is 6.18. The van der Waals surface area contributed by atoms with Gasteiger partial charge in [-0.05, 0) is 58.2 Å². The van der Waals surface area contributed by atoms with Crippen LogP contribution in [0, 0.1) is 0 Å². The second-order valence-electron chi connectivity index (χ2n) is 8.74. The average Bonchev–Trinajstić information content (AvgIpc) is 2.79. The highest BCUT2D eigenvalue weighted by Gasteiger charge is 2.24. The molecule has 30 heavy (non-hydrogen) atoms. The quantitative estimate of drug-likeness (QED) is 0.522. The van der Waals surface area contributed by atoms with E-state index >= 15 is 0 Å². The minimum absolute atomic E-state index is 0.304. The molecule has 2 unspecified atom stereocenters. The van der Waals surface area contributed by atoms with Crippen molar-refractivity contribution in [2.24, 2.45) is 4.99 Å². The fourth-order valence-corrected chi connectivity index (χ4v) is 4.28. The first-order chi connectivity index (χ1) is 14.7. The van der Waals surface area contributed by atoms with Gasteiger partial charge in [-0.2, -0.15) is 0 Å². The van der Waals surface area contributed by atoms with Crippen LogP contribution in [0.1, 0.15) is 37.7 Å². The summed E-state index contributed by atoms with van der Waals surface area (Å²) in [5.41, 5.74) is 1.37. The zero-order chi connectivity index (χ0) is 21.2. The number of hydrogen-bond donors (Lipinski definition) is 1. The van der Waals surface area contributed by atoms with E-state index in [0.29, 0.717) is 18.2 Å². The first kappa shape index (κ1) is 23.0. The highest BCUT2D eigenvalue weighted by molar-refractivity contribution is 5.80. The molecule has 2 fully saturated rings. The molecule has 0 bridgehead atoms. The highest BCUT2D eigenvalue weighted by Crippen LogP contribution is 2.18. The van der Waals surface area contributed by atoms with Gasteiger partial charge >= 0.3 is 0 Å². The maximum Gasteiger partial charge on any atom is 0.193 e. The number of ether oxygens (including phenoxy) is 2. The summed E-state index contributed by atoms with van der Waals surface area (Å²) in [6, 6.07) is 11.1. The lowest BCUT2D eigenvalue weighted by Gasteiger charge is -2.36. The van der Waals surface area contributed by atoms with E-state index in [1.54, 1.807) is 0 Å². The van der Waals surface area contributed by atoms with E-state index in [1.165, 1.54) is 18.4 Å². The van der Waals surface area contributed by atoms with Crippen molar-refractivity contribution < 1.29 is 9.47 Å². The molecule has 1 aromatic carbocycles. The SMILES string of the molecule is CN=C(NCC(Cc1ccccc1)N(C)C)N1CCC(OCC2CCCCO2)CC1. The maximum absolute atomic E-state index is 6.16. The Morgan fingerprint density at radius 2 is 1.97 bits per heavy atom. The molecule has 0 saturated carbocycles. The lowest BCUT2D eigenvalue weighted by atomic mass is 10.1. The molecule has 0 aliphatic carbocycles. The number of nitrogens with zero attached hydrogens (tertiary/aromatic N) is 3. The molecule has 2 saturated heterocycles. The summed E-state index contributed by atoms with van der Waals surface area (Å²) in [6.45, 7) is 4.50. The second kappa shape index (κ2) is 12.3. The lowest BCUT2D eigenvalue weighted by Crippen LogP contribution is -2.50. The van der Waals surface area contributed by atoms with Crippen LogP contribution in [0.25, 0.3) is 0 Å². The van der Waals surface area contributed by atoms with Crippen molar-refractivity contribution in [3.8, 4) is 0 Å². The number of benzene rings is 1. The summed E-state index contributed by atoms with van der Waals surface area (Å²) in [6.07, 6.45) is 7.38. The van der Waals surface area contributed by atoms with Crippen molar-refractivity contribution in [3.05, 3.63) is 35.9 Å². The van der Waals surface area contributed by atoms with E-state index < -0.39 is 0 Å². The van der Waals surface area contributed by atoms with Crippen LogP contribution in [0.4, 0.5) is 0 Å². The number of nitrogens with one attached hydrogen (secondary N) is 1. The molecule has 2 heterocycles. The van der Waals surface area contributed by atoms with Gasteiger partial charge in [0.2, 0.25) is 0 Å². The Labute approximate surface area is 182 Å². The largest absolute Gasteiger partial charge is 0.376 e. The van der Waals surface area contributed by atoms with Crippen LogP contribution in [-0.2, 0) is 15.9 Å². The van der Waals surface area contributed by atoms with Gasteiger partial charge in [0, 0.05) is 39.3 Å². The molecule has 6 nitrogen and oxygen atoms in total. The first-order valence-corrected chi connectivity index (χ1v) is 11.5. The molecule has 1 aromatic rings. The molecule has 0 spiro atoms. The highest BCUT2D eigenvalue weighted by atomic mass is 16.5. The third-order valence-electron chi connectivity index (χ3n) is 6.29. The van der Waals surface area contributed by atoms with Crippen LogP contribution in [0.2, 0.25) is 0 Å². The zero-order valence-electron chi connectivity index (χ0n) is 19.1. The van der Waals surface area contributed by atoms with Gasteiger partial charge < -0.3 is 24.6 Å². The van der Waals surface area contributed by atoms with Crippen LogP contribution in [0.5, 0.6) is 0 Å². The minimum Gasteiger partial charge on any atom is -0.376 e. The monoisotopic (exact) mass is 416 g/mol. The first-order valence-electron chi connectivity index (χ1n) is 11.5. The average molecular weight is 417 g/mol. The molecule has 2 aliphatic rings. The molecule has 0 aromatic heterocycles. The van der Waals surface area contributed by atoms with E-state index in [1.807, 2.05) is 7.05 Å². The van der Waals surface area contributed by atoms with Crippen molar-refractivity contribution in [1.82, 2.24) is 15.1 Å². The van der Waals surface area contributed by atoms with Gasteiger partial charge in [-0.25, -0.2) is 0 Å². The number of piperidine rings is 1. The summed E-state index contributed by atoms with van der Waals surface area (Å²) in [5.74, 6) is 1.00. The number of guanidine groups is 1. The summed E-state index contributed by atoms with van der Waals surface area (Å²) < 4.78 is 12.0. The van der Waals surface area contributed by atoms with Gasteiger partial charge in [0.05, 0.1) is 18.8 Å². The molecule has 6 heteroatoms. The normalized spacial score (nSPS) is 22.3. The molecule has 3 rings (SSSR count). The Morgan fingerprint density at radius 3 is 2.60 bits per heavy atom. The molecule has 0 amide bonds. The van der Waals surface area contributed by atoms with Crippen molar-refractivity contribution in [3.63, 3.8) is 0 Å². The molecule has 168 valence electrons. The maximum atomic E-state index is 6.16. The van der Waals surface area contributed by atoms with Gasteiger partial charge in [-0.1, -0.05) is 30.3 Å². The second-order valence-corrected chi connectivity index (χ2v) is 8.74. The van der Waals surface area contributed by atoms with Crippen molar-refractivity contribution in [1.29, 1.82) is 0 Å². The molecule has 0 radical (unpaired) electrons. The standard InChI is InChI=1S/C24H40N4O2/c1-25-24(26-18-21(27(2)3)17-20-9-5-4-6-10-20)28-14-12-22(13-15-28)30-19-23-11-7-8-16-29-23/h4-6,9-10,21-23H,7-8,11-19H2,1-3H3,(H,25,26). The Kier molecular flexibility index (Phi) is 9.43. The Bertz CT molecular complexity index is 623. The van der Waals surface area contributed by atoms with E-state index in [4.69, 9.17) is 9.47 Å². The Hall–Kier alpha value is -1.63. The summed E-state index contributed by atoms with van der Waals surface area (Å²) in [4.78, 5) is 9.21. The van der Waals surface area contributed by atoms with Gasteiger partial charge in [0.15, 0.2) is 5.96 Å². The third kappa shape index (κ3) is 7.25. The van der Waals surface area contributed by atoms with E-state index in [0.717, 1.165) is 64.5 Å². The van der Waals surface area contributed by atoms with Crippen LogP contribution in [0.15, 0.2) is 35.3 Å². The smallest absolute Gasteiger partial charge is 0.193 e. The molecular formula is C24H40N4O2. The Balaban J connectivity index is 1.41. The van der Waals surface area contributed by atoms with Crippen molar-refractivity contribution in [2.45, 2.75) is 56.8 Å². The summed E-state index contributed by atoms with van der Waals surface area (Å²) >= 11 is 0. The van der Waals surface area contributed by atoms with E-state index in [9.17, 15) is 0 Å². The van der Waals surface area contributed by atoms with Crippen LogP contribution >= 0.6 is 0 Å². The molecular weight excluding hydrogens is 376 g/mol. The lowest BCUT2D eigenvalue weighted by molar-refractivity contribution is -0.0721. The zero-order valence-corrected chi connectivity index (χ0v) is 19.1. The number of aliphatic imine (C=N–C) groups is 1. The van der Waals surface area contributed by atoms with Crippen LogP contribution in [-0.4, -0.2) is 88.0 Å². The third-order valence-corrected chi connectivity index (χ3v) is 6.29. The van der Waals surface area contributed by atoms with Crippen LogP contribution < -0.4 is 5.32 Å². The van der Waals surface area contributed by atoms with Gasteiger partial charge in [0.1, 0.15) is 0 Å². The number of rotatable bonds is 8. The summed E-state index contributed by atoms with van der Waals surface area (Å²) in [5, 5.41) is 3.61. The molecule has 2 aliphatic heterocycles. The van der Waals surface area contributed by atoms with Crippen LogP contribution in [0.3, 0.4) is 0 Å². The minimum atomic E-state index is 0.304. The van der Waals surface area contributed by atoms with E-state index in [-0.39, 0.29) is 0 Å². The van der Waals surface area contributed by atoms with Gasteiger partial charge in [-0.3, -0.25) is 4.99 Å². The topological polar surface area (TPSA) is 49.3 Å². The molecule has 1 N–H and O–H groups in total. The van der Waals surface area contributed by atoms with E-state index in [2.05, 4.69) is 64.5 Å². The van der Waals surface area contributed by atoms with Gasteiger partial charge in [-0.15, -0.1) is 0 Å².